The Labute approximate surface area is 596 Å². The number of nitrogens with two attached hydrogens (primary N) is 6. The Balaban J connectivity index is 0.000000138. The summed E-state index contributed by atoms with van der Waals surface area (Å²) in [6.45, 7) is 15.1. The highest BCUT2D eigenvalue weighted by Gasteiger charge is 2.53. The third-order valence-corrected chi connectivity index (χ3v) is 21.1. The van der Waals surface area contributed by atoms with Crippen LogP contribution in [0, 0.1) is 16.2 Å². The average Bonchev–Trinajstić information content (AvgIpc) is 1.64. The fraction of sp³-hybridized carbons (Fsp3) is 0.278. The van der Waals surface area contributed by atoms with Crippen LogP contribution in [-0.4, -0.2) is 119 Å². The molecule has 0 unspecified atom stereocenters. The number of nitrogens with zero attached hydrogens (tertiary/aromatic N) is 9. The Hall–Kier alpha value is -12.2. The van der Waals surface area contributed by atoms with Crippen molar-refractivity contribution in [1.82, 2.24) is 44.0 Å². The SMILES string of the molecule is C=CC(=O)N1CCC2(CC(n3nc(-c4ccc(Oc5ccccc5)cc4)c(C(N)=O)c3N)C2)C1.C=CC(=O)N1CCC2(CC(n3nc(-c4ccc(Oc5ccccc5)cc4)c(C(N)=O)c3N)C2)C1.C=CC(=O)N1CCC2(CC1)CC(n1nc(-c3ccc(Oc4ccccc4)cc3)c(C(N)=O)c1N)C2. The van der Waals surface area contributed by atoms with E-state index in [1.165, 1.54) is 18.2 Å². The first kappa shape index (κ1) is 69.3. The minimum Gasteiger partial charge on any atom is -0.457 e. The van der Waals surface area contributed by atoms with E-state index >= 15 is 0 Å². The van der Waals surface area contributed by atoms with E-state index in [2.05, 4.69) is 19.7 Å². The quantitative estimate of drug-likeness (QED) is 0.0435. The Morgan fingerprint density at radius 1 is 0.359 bits per heavy atom. The second kappa shape index (κ2) is 28.8. The van der Waals surface area contributed by atoms with Crippen LogP contribution in [0.25, 0.3) is 33.8 Å². The molecule has 6 heterocycles. The number of ether oxygens (including phenoxy) is 3. The number of rotatable bonds is 18. The first-order valence-corrected chi connectivity index (χ1v) is 34.4. The van der Waals surface area contributed by atoms with E-state index in [0.29, 0.717) is 53.2 Å². The van der Waals surface area contributed by atoms with E-state index in [1.54, 1.807) is 14.0 Å². The summed E-state index contributed by atoms with van der Waals surface area (Å²) in [7, 11) is 0. The maximum absolute atomic E-state index is 12.3. The minimum absolute atomic E-state index is 0.0111. The summed E-state index contributed by atoms with van der Waals surface area (Å²) in [6.07, 6.45) is 13.1. The number of benzene rings is 6. The number of aromatic nitrogens is 6. The van der Waals surface area contributed by atoms with Gasteiger partial charge in [0.1, 0.15) is 85.7 Å². The van der Waals surface area contributed by atoms with Crippen LogP contribution >= 0.6 is 0 Å². The van der Waals surface area contributed by atoms with Crippen molar-refractivity contribution in [3.63, 3.8) is 0 Å². The van der Waals surface area contributed by atoms with Gasteiger partial charge < -0.3 is 63.3 Å². The number of primary amides is 3. The van der Waals surface area contributed by atoms with Crippen LogP contribution in [0.15, 0.2) is 202 Å². The molecule has 24 nitrogen and oxygen atoms in total. The van der Waals surface area contributed by atoms with Crippen molar-refractivity contribution < 1.29 is 43.0 Å². The lowest BCUT2D eigenvalue weighted by Gasteiger charge is -2.52. The van der Waals surface area contributed by atoms with E-state index in [9.17, 15) is 28.8 Å². The van der Waals surface area contributed by atoms with Crippen LogP contribution in [0.4, 0.5) is 17.5 Å². The number of hydrogen-bond donors (Lipinski definition) is 6. The lowest BCUT2D eigenvalue weighted by Crippen LogP contribution is -2.49. The molecule has 6 amide bonds. The number of para-hydroxylation sites is 3. The maximum Gasteiger partial charge on any atom is 0.254 e. The van der Waals surface area contributed by atoms with Gasteiger partial charge in [0, 0.05) is 56.0 Å². The highest BCUT2D eigenvalue weighted by Crippen LogP contribution is 2.58. The van der Waals surface area contributed by atoms with Crippen LogP contribution in [0.1, 0.15) is 113 Å². The molecule has 6 aromatic carbocycles. The number of likely N-dealkylation sites (tertiary alicyclic amines) is 3. The minimum atomic E-state index is -0.610. The molecule has 6 aliphatic rings. The van der Waals surface area contributed by atoms with Gasteiger partial charge in [-0.2, -0.15) is 15.3 Å². The number of carbonyl (C=O) groups is 6. The van der Waals surface area contributed by atoms with Crippen molar-refractivity contribution in [2.24, 2.45) is 33.4 Å². The molecule has 15 rings (SSSR count). The molecule has 0 bridgehead atoms. The second-order valence-corrected chi connectivity index (χ2v) is 27.7. The molecule has 3 saturated heterocycles. The summed E-state index contributed by atoms with van der Waals surface area (Å²) in [5.74, 6) is 3.20. The van der Waals surface area contributed by atoms with E-state index in [-0.39, 0.29) is 80.4 Å². The lowest BCUT2D eigenvalue weighted by molar-refractivity contribution is -0.130. The zero-order valence-corrected chi connectivity index (χ0v) is 57.2. The summed E-state index contributed by atoms with van der Waals surface area (Å²) in [5, 5.41) is 14.2. The monoisotopic (exact) mass is 1390 g/mol. The molecule has 3 aliphatic heterocycles. The first-order chi connectivity index (χ1) is 49.7. The Morgan fingerprint density at radius 2 is 0.602 bits per heavy atom. The van der Waals surface area contributed by atoms with Crippen molar-refractivity contribution in [3.8, 4) is 68.3 Å². The number of piperidine rings is 1. The smallest absolute Gasteiger partial charge is 0.254 e. The molecule has 3 spiro atoms. The van der Waals surface area contributed by atoms with Gasteiger partial charge in [-0.1, -0.05) is 74.3 Å². The van der Waals surface area contributed by atoms with Crippen LogP contribution in [0.3, 0.4) is 0 Å². The van der Waals surface area contributed by atoms with E-state index in [1.807, 2.05) is 178 Å². The van der Waals surface area contributed by atoms with Crippen LogP contribution in [0.2, 0.25) is 0 Å². The predicted octanol–water partition coefficient (Wildman–Crippen LogP) is 11.7. The van der Waals surface area contributed by atoms with Gasteiger partial charge in [0.2, 0.25) is 17.7 Å². The largest absolute Gasteiger partial charge is 0.457 e. The molecule has 3 aliphatic carbocycles. The molecule has 0 radical (unpaired) electrons. The van der Waals surface area contributed by atoms with Gasteiger partial charge in [-0.15, -0.1) is 0 Å². The number of anilines is 3. The normalized spacial score (nSPS) is 17.0. The molecule has 24 heteroatoms. The number of nitrogen functional groups attached to an aromatic ring is 3. The Bertz CT molecular complexity index is 4480. The van der Waals surface area contributed by atoms with Crippen molar-refractivity contribution in [2.45, 2.75) is 82.3 Å². The fourth-order valence-electron chi connectivity index (χ4n) is 15.7. The van der Waals surface area contributed by atoms with Gasteiger partial charge in [0.15, 0.2) is 0 Å². The van der Waals surface area contributed by atoms with Gasteiger partial charge in [-0.25, -0.2) is 14.0 Å². The molecule has 12 N–H and O–H groups in total. The van der Waals surface area contributed by atoms with Crippen LogP contribution < -0.4 is 48.6 Å². The summed E-state index contributed by atoms with van der Waals surface area (Å²) < 4.78 is 22.8. The summed E-state index contributed by atoms with van der Waals surface area (Å²) >= 11 is 0. The molecule has 103 heavy (non-hydrogen) atoms. The molecular weight excluding hydrogens is 1300 g/mol. The van der Waals surface area contributed by atoms with Crippen molar-refractivity contribution >= 4 is 52.9 Å². The zero-order chi connectivity index (χ0) is 72.3. The average molecular weight is 1390 g/mol. The van der Waals surface area contributed by atoms with Crippen LogP contribution in [0.5, 0.6) is 34.5 Å². The predicted molar refractivity (Wildman–Crippen MR) is 392 cm³/mol. The van der Waals surface area contributed by atoms with Gasteiger partial charge in [-0.3, -0.25) is 28.8 Å². The Kier molecular flexibility index (Phi) is 19.4. The maximum atomic E-state index is 12.3. The summed E-state index contributed by atoms with van der Waals surface area (Å²) in [6, 6.07) is 50.8. The number of carbonyl (C=O) groups excluding carboxylic acids is 6. The molecule has 6 fully saturated rings. The fourth-order valence-corrected chi connectivity index (χ4v) is 15.7. The second-order valence-electron chi connectivity index (χ2n) is 27.7. The molecule has 528 valence electrons. The van der Waals surface area contributed by atoms with Gasteiger partial charge >= 0.3 is 0 Å². The molecule has 9 aromatic rings. The van der Waals surface area contributed by atoms with Crippen molar-refractivity contribution in [1.29, 1.82) is 0 Å². The number of hydrogen-bond acceptors (Lipinski definition) is 15. The van der Waals surface area contributed by atoms with E-state index in [0.717, 1.165) is 124 Å². The highest BCUT2D eigenvalue weighted by molar-refractivity contribution is 6.05. The van der Waals surface area contributed by atoms with Gasteiger partial charge in [0.25, 0.3) is 17.7 Å². The molecular formula is C79H83N15O9. The zero-order valence-electron chi connectivity index (χ0n) is 57.2. The third-order valence-electron chi connectivity index (χ3n) is 21.1. The Morgan fingerprint density at radius 3 is 0.874 bits per heavy atom. The number of amides is 6. The van der Waals surface area contributed by atoms with Gasteiger partial charge in [-0.05, 0) is 208 Å². The summed E-state index contributed by atoms with van der Waals surface area (Å²) in [5.41, 5.74) is 40.9. The molecule has 0 atom stereocenters. The topological polar surface area (TPSA) is 349 Å². The van der Waals surface area contributed by atoms with Crippen molar-refractivity contribution in [2.75, 3.05) is 56.5 Å². The van der Waals surface area contributed by atoms with E-state index in [4.69, 9.17) is 63.9 Å². The van der Waals surface area contributed by atoms with Gasteiger partial charge in [0.05, 0.1) is 18.1 Å². The van der Waals surface area contributed by atoms with Crippen LogP contribution in [-0.2, 0) is 14.4 Å². The van der Waals surface area contributed by atoms with E-state index < -0.39 is 17.7 Å². The summed E-state index contributed by atoms with van der Waals surface area (Å²) in [4.78, 5) is 78.2. The first-order valence-electron chi connectivity index (χ1n) is 34.4. The lowest BCUT2D eigenvalue weighted by atomic mass is 9.60. The molecule has 3 aromatic heterocycles. The highest BCUT2D eigenvalue weighted by atomic mass is 16.5. The standard InChI is InChI=1S/C27H29N5O3.2C26H27N5O3/c1-2-22(33)31-14-12-27(13-15-31)16-19(17-27)32-25(28)23(26(29)34)24(30-32)18-8-10-21(11-9-18)35-20-6-4-3-5-7-20;2*1-2-21(32)30-13-12-26(16-30)14-18(15-26)31-24(27)22(25(28)33)23(29-31)17-8-10-20(11-9-17)34-19-6-4-3-5-7-19/h2-11,19H,1,12-17,28H2,(H2,29,34);2*2-11,18H,1,12-16,27H2,(H2,28,33). The third kappa shape index (κ3) is 14.3. The molecule has 3 saturated carbocycles. The van der Waals surface area contributed by atoms with Crippen molar-refractivity contribution in [3.05, 3.63) is 218 Å².